The lowest BCUT2D eigenvalue weighted by molar-refractivity contribution is -0.107. The van der Waals surface area contributed by atoms with E-state index in [1.54, 1.807) is 19.4 Å². The van der Waals surface area contributed by atoms with Crippen LogP contribution in [-0.4, -0.2) is 42.6 Å². The highest BCUT2D eigenvalue weighted by molar-refractivity contribution is 6.35. The Kier molecular flexibility index (Phi) is 3.82. The summed E-state index contributed by atoms with van der Waals surface area (Å²) in [5.41, 5.74) is 1.70. The molecule has 132 valence electrons. The number of fused-ring (bicyclic) bond motifs is 2. The number of halogens is 1. The first-order chi connectivity index (χ1) is 11.9. The van der Waals surface area contributed by atoms with E-state index >= 15 is 0 Å². The summed E-state index contributed by atoms with van der Waals surface area (Å²) in [5.74, 6) is 0.472. The van der Waals surface area contributed by atoms with Crippen LogP contribution < -0.4 is 0 Å². The van der Waals surface area contributed by atoms with Crippen LogP contribution in [0.3, 0.4) is 0 Å². The van der Waals surface area contributed by atoms with Gasteiger partial charge in [0, 0.05) is 37.2 Å². The van der Waals surface area contributed by atoms with Crippen molar-refractivity contribution >= 4 is 28.4 Å². The van der Waals surface area contributed by atoms with Gasteiger partial charge in [0.15, 0.2) is 0 Å². The Hall–Kier alpha value is -1.65. The standard InChI is InChI=1S/C20H23ClN2O2/c1-19(2)10-20(12-25-3)11-23(9-16(19)20)18(24)17-13-5-4-8-22-15(13)7-6-14(17)21/h4-8,16H,9-12H2,1-3H3/t16-,20-/m1/s1. The van der Waals surface area contributed by atoms with E-state index in [1.165, 1.54) is 0 Å². The van der Waals surface area contributed by atoms with E-state index in [9.17, 15) is 4.79 Å². The van der Waals surface area contributed by atoms with Crippen molar-refractivity contribution in [1.29, 1.82) is 0 Å². The number of carbonyl (C=O) groups excluding carboxylic acids is 1. The zero-order valence-electron chi connectivity index (χ0n) is 14.9. The molecule has 0 unspecified atom stereocenters. The Morgan fingerprint density at radius 1 is 1.40 bits per heavy atom. The Labute approximate surface area is 153 Å². The lowest BCUT2D eigenvalue weighted by Crippen LogP contribution is -2.55. The summed E-state index contributed by atoms with van der Waals surface area (Å²) < 4.78 is 5.50. The number of methoxy groups -OCH3 is 1. The Balaban J connectivity index is 1.70. The molecule has 5 heteroatoms. The number of ether oxygens (including phenoxy) is 1. The van der Waals surface area contributed by atoms with Gasteiger partial charge in [0.25, 0.3) is 5.91 Å². The maximum Gasteiger partial charge on any atom is 0.256 e. The molecule has 2 aliphatic rings. The molecule has 4 rings (SSSR count). The molecule has 2 heterocycles. The van der Waals surface area contributed by atoms with Crippen molar-refractivity contribution < 1.29 is 9.53 Å². The van der Waals surface area contributed by atoms with Crippen LogP contribution in [0.5, 0.6) is 0 Å². The van der Waals surface area contributed by atoms with Gasteiger partial charge in [-0.2, -0.15) is 0 Å². The summed E-state index contributed by atoms with van der Waals surface area (Å²) in [7, 11) is 1.74. The van der Waals surface area contributed by atoms with Crippen LogP contribution in [0.15, 0.2) is 30.5 Å². The van der Waals surface area contributed by atoms with Crippen LogP contribution in [0.1, 0.15) is 30.6 Å². The minimum atomic E-state index is 0.00396. The molecule has 1 aromatic heterocycles. The van der Waals surface area contributed by atoms with Gasteiger partial charge in [0.05, 0.1) is 22.7 Å². The molecule has 1 saturated heterocycles. The smallest absolute Gasteiger partial charge is 0.256 e. The number of aromatic nitrogens is 1. The number of amides is 1. The highest BCUT2D eigenvalue weighted by atomic mass is 35.5. The van der Waals surface area contributed by atoms with Gasteiger partial charge in [-0.3, -0.25) is 9.78 Å². The molecule has 0 N–H and O–H groups in total. The SMILES string of the molecule is COC[C@@]12CN(C(=O)c3c(Cl)ccc4ncccc34)C[C@@H]1C(C)(C)C2. The van der Waals surface area contributed by atoms with E-state index < -0.39 is 0 Å². The number of hydrogen-bond acceptors (Lipinski definition) is 3. The van der Waals surface area contributed by atoms with Gasteiger partial charge in [0.2, 0.25) is 0 Å². The fourth-order valence-corrected chi connectivity index (χ4v) is 5.51. The maximum absolute atomic E-state index is 13.3. The lowest BCUT2D eigenvalue weighted by atomic mass is 9.48. The van der Waals surface area contributed by atoms with Crippen molar-refractivity contribution in [2.75, 3.05) is 26.8 Å². The lowest BCUT2D eigenvalue weighted by Gasteiger charge is -2.56. The fourth-order valence-electron chi connectivity index (χ4n) is 5.26. The summed E-state index contributed by atoms with van der Waals surface area (Å²) >= 11 is 6.42. The molecular formula is C20H23ClN2O2. The molecule has 2 aromatic rings. The van der Waals surface area contributed by atoms with E-state index in [2.05, 4.69) is 18.8 Å². The Morgan fingerprint density at radius 3 is 2.92 bits per heavy atom. The molecule has 0 spiro atoms. The third kappa shape index (κ3) is 2.46. The van der Waals surface area contributed by atoms with E-state index in [4.69, 9.17) is 16.3 Å². The number of nitrogens with zero attached hydrogens (tertiary/aromatic N) is 2. The molecule has 1 aliphatic carbocycles. The first-order valence-electron chi connectivity index (χ1n) is 8.69. The molecule has 0 bridgehead atoms. The summed E-state index contributed by atoms with van der Waals surface area (Å²) in [6.07, 6.45) is 2.82. The van der Waals surface area contributed by atoms with Crippen LogP contribution in [0, 0.1) is 16.7 Å². The molecular weight excluding hydrogens is 336 g/mol. The first kappa shape index (κ1) is 16.8. The van der Waals surface area contributed by atoms with E-state index in [0.717, 1.165) is 30.4 Å². The number of rotatable bonds is 3. The van der Waals surface area contributed by atoms with Crippen LogP contribution in [-0.2, 0) is 4.74 Å². The first-order valence-corrected chi connectivity index (χ1v) is 9.07. The highest BCUT2D eigenvalue weighted by Crippen LogP contribution is 2.62. The maximum atomic E-state index is 13.3. The quantitative estimate of drug-likeness (QED) is 0.832. The van der Waals surface area contributed by atoms with Crippen LogP contribution >= 0.6 is 11.6 Å². The highest BCUT2D eigenvalue weighted by Gasteiger charge is 2.63. The Bertz CT molecular complexity index is 851. The van der Waals surface area contributed by atoms with Crippen molar-refractivity contribution in [2.24, 2.45) is 16.7 Å². The topological polar surface area (TPSA) is 42.4 Å². The van der Waals surface area contributed by atoms with Gasteiger partial charge in [-0.05, 0) is 36.0 Å². The largest absolute Gasteiger partial charge is 0.384 e. The van der Waals surface area contributed by atoms with Gasteiger partial charge in [-0.1, -0.05) is 31.5 Å². The molecule has 25 heavy (non-hydrogen) atoms. The van der Waals surface area contributed by atoms with Gasteiger partial charge >= 0.3 is 0 Å². The van der Waals surface area contributed by atoms with Crippen molar-refractivity contribution in [1.82, 2.24) is 9.88 Å². The summed E-state index contributed by atoms with van der Waals surface area (Å²) in [6, 6.07) is 7.39. The van der Waals surface area contributed by atoms with E-state index in [0.29, 0.717) is 23.1 Å². The average molecular weight is 359 g/mol. The second kappa shape index (κ2) is 5.68. The van der Waals surface area contributed by atoms with Gasteiger partial charge in [0.1, 0.15) is 0 Å². The summed E-state index contributed by atoms with van der Waals surface area (Å²) in [6.45, 7) is 6.78. The summed E-state index contributed by atoms with van der Waals surface area (Å²) in [5, 5.41) is 1.31. The second-order valence-electron chi connectivity index (χ2n) is 8.19. The van der Waals surface area contributed by atoms with E-state index in [-0.39, 0.29) is 16.7 Å². The predicted octanol–water partition coefficient (Wildman–Crippen LogP) is 4.02. The minimum Gasteiger partial charge on any atom is -0.384 e. The normalized spacial score (nSPS) is 27.2. The van der Waals surface area contributed by atoms with Crippen molar-refractivity contribution in [3.63, 3.8) is 0 Å². The monoisotopic (exact) mass is 358 g/mol. The molecule has 1 aromatic carbocycles. The van der Waals surface area contributed by atoms with Gasteiger partial charge in [-0.25, -0.2) is 0 Å². The molecule has 1 amide bonds. The van der Waals surface area contributed by atoms with Crippen LogP contribution in [0.4, 0.5) is 0 Å². The zero-order chi connectivity index (χ0) is 17.8. The van der Waals surface area contributed by atoms with Gasteiger partial charge in [-0.15, -0.1) is 0 Å². The van der Waals surface area contributed by atoms with Crippen LogP contribution in [0.25, 0.3) is 10.9 Å². The number of carbonyl (C=O) groups is 1. The van der Waals surface area contributed by atoms with Crippen molar-refractivity contribution in [2.45, 2.75) is 20.3 Å². The van der Waals surface area contributed by atoms with Crippen molar-refractivity contribution in [3.05, 3.63) is 41.0 Å². The third-order valence-corrected chi connectivity index (χ3v) is 6.38. The summed E-state index contributed by atoms with van der Waals surface area (Å²) in [4.78, 5) is 19.6. The molecule has 1 aliphatic heterocycles. The number of likely N-dealkylation sites (tertiary alicyclic amines) is 1. The number of pyridine rings is 1. The predicted molar refractivity (Wildman–Crippen MR) is 98.9 cm³/mol. The molecule has 1 saturated carbocycles. The minimum absolute atomic E-state index is 0.00396. The number of benzene rings is 1. The molecule has 2 fully saturated rings. The molecule has 4 nitrogen and oxygen atoms in total. The number of hydrogen-bond donors (Lipinski definition) is 0. The average Bonchev–Trinajstić information content (AvgIpc) is 2.89. The third-order valence-electron chi connectivity index (χ3n) is 6.07. The van der Waals surface area contributed by atoms with Gasteiger partial charge < -0.3 is 9.64 Å². The molecule has 0 radical (unpaired) electrons. The zero-order valence-corrected chi connectivity index (χ0v) is 15.6. The van der Waals surface area contributed by atoms with Crippen LogP contribution in [0.2, 0.25) is 5.02 Å². The fraction of sp³-hybridized carbons (Fsp3) is 0.500. The van der Waals surface area contributed by atoms with E-state index in [1.807, 2.05) is 23.1 Å². The second-order valence-corrected chi connectivity index (χ2v) is 8.60. The van der Waals surface area contributed by atoms with Crippen molar-refractivity contribution in [3.8, 4) is 0 Å². The molecule has 2 atom stereocenters. The Morgan fingerprint density at radius 2 is 2.20 bits per heavy atom.